The number of alkyl carbamates (subject to hydrolysis) is 1. The molecule has 0 aliphatic carbocycles. The number of aromatic nitrogens is 2. The number of halogens is 1. The molecular formula is C18H23IN4O3. The number of nitrogens with one attached hydrogen (secondary N) is 2. The van der Waals surface area contributed by atoms with Gasteiger partial charge in [0.05, 0.1) is 24.2 Å². The summed E-state index contributed by atoms with van der Waals surface area (Å²) in [5.41, 5.74) is 1.87. The van der Waals surface area contributed by atoms with Gasteiger partial charge in [0, 0.05) is 10.1 Å². The number of rotatable bonds is 4. The summed E-state index contributed by atoms with van der Waals surface area (Å²) >= 11 is 2.27. The fraction of sp³-hybridized carbons (Fsp3) is 0.500. The Morgan fingerprint density at radius 2 is 2.19 bits per heavy atom. The molecule has 8 heteroatoms. The first-order chi connectivity index (χ1) is 12.4. The second kappa shape index (κ2) is 7.81. The lowest BCUT2D eigenvalue weighted by atomic mass is 10.0. The van der Waals surface area contributed by atoms with Gasteiger partial charge in [-0.15, -0.1) is 0 Å². The molecule has 1 fully saturated rings. The van der Waals surface area contributed by atoms with Gasteiger partial charge in [0.2, 0.25) is 5.91 Å². The molecule has 2 heterocycles. The van der Waals surface area contributed by atoms with Gasteiger partial charge in [0.1, 0.15) is 11.9 Å². The van der Waals surface area contributed by atoms with E-state index in [4.69, 9.17) is 0 Å². The van der Waals surface area contributed by atoms with Gasteiger partial charge < -0.3 is 19.9 Å². The molecule has 2 unspecified atom stereocenters. The minimum absolute atomic E-state index is 0.0416. The Bertz CT molecular complexity index is 820. The Morgan fingerprint density at radius 1 is 1.42 bits per heavy atom. The van der Waals surface area contributed by atoms with Crippen LogP contribution in [-0.2, 0) is 9.53 Å². The molecule has 26 heavy (non-hydrogen) atoms. The summed E-state index contributed by atoms with van der Waals surface area (Å²) in [6.45, 7) is 4.48. The molecule has 2 N–H and O–H groups in total. The quantitative estimate of drug-likeness (QED) is 0.672. The molecule has 1 aromatic heterocycles. The first kappa shape index (κ1) is 18.9. The van der Waals surface area contributed by atoms with E-state index in [1.54, 1.807) is 0 Å². The van der Waals surface area contributed by atoms with Gasteiger partial charge in [-0.1, -0.05) is 13.8 Å². The molecule has 7 nitrogen and oxygen atoms in total. The van der Waals surface area contributed by atoms with Gasteiger partial charge in [0.15, 0.2) is 0 Å². The number of likely N-dealkylation sites (tertiary alicyclic amines) is 1. The maximum absolute atomic E-state index is 13.1. The molecule has 0 radical (unpaired) electrons. The third kappa shape index (κ3) is 3.79. The number of imidazole rings is 1. The van der Waals surface area contributed by atoms with Crippen molar-refractivity contribution in [3.8, 4) is 0 Å². The topological polar surface area (TPSA) is 87.3 Å². The molecule has 140 valence electrons. The number of H-pyrrole nitrogens is 1. The molecule has 0 spiro atoms. The number of fused-ring (bicyclic) bond motifs is 1. The number of benzene rings is 1. The van der Waals surface area contributed by atoms with Crippen LogP contribution in [0.1, 0.15) is 38.6 Å². The van der Waals surface area contributed by atoms with Crippen LogP contribution in [0.2, 0.25) is 0 Å². The molecule has 2 atom stereocenters. The Hall–Kier alpha value is -1.84. The van der Waals surface area contributed by atoms with Crippen LogP contribution in [0.5, 0.6) is 0 Å². The highest BCUT2D eigenvalue weighted by atomic mass is 127. The summed E-state index contributed by atoms with van der Waals surface area (Å²) in [7, 11) is 1.30. The lowest BCUT2D eigenvalue weighted by molar-refractivity contribution is -0.135. The Labute approximate surface area is 166 Å². The third-order valence-corrected chi connectivity index (χ3v) is 5.38. The van der Waals surface area contributed by atoms with Gasteiger partial charge in [-0.25, -0.2) is 9.78 Å². The van der Waals surface area contributed by atoms with E-state index in [0.29, 0.717) is 6.54 Å². The summed E-state index contributed by atoms with van der Waals surface area (Å²) in [6.07, 6.45) is 1.17. The van der Waals surface area contributed by atoms with Crippen molar-refractivity contribution in [2.45, 2.75) is 38.8 Å². The van der Waals surface area contributed by atoms with Crippen LogP contribution in [0, 0.1) is 9.49 Å². The Morgan fingerprint density at radius 3 is 2.88 bits per heavy atom. The van der Waals surface area contributed by atoms with Crippen LogP contribution in [0.15, 0.2) is 18.2 Å². The van der Waals surface area contributed by atoms with Crippen molar-refractivity contribution in [1.29, 1.82) is 0 Å². The van der Waals surface area contributed by atoms with Crippen LogP contribution >= 0.6 is 22.6 Å². The van der Waals surface area contributed by atoms with Crippen molar-refractivity contribution in [2.75, 3.05) is 13.7 Å². The van der Waals surface area contributed by atoms with Crippen LogP contribution < -0.4 is 5.32 Å². The molecule has 3 rings (SSSR count). The largest absolute Gasteiger partial charge is 0.453 e. The first-order valence-corrected chi connectivity index (χ1v) is 9.78. The summed E-state index contributed by atoms with van der Waals surface area (Å²) in [5.74, 6) is 0.663. The predicted molar refractivity (Wildman–Crippen MR) is 107 cm³/mol. The van der Waals surface area contributed by atoms with Crippen LogP contribution in [0.3, 0.4) is 0 Å². The highest BCUT2D eigenvalue weighted by Crippen LogP contribution is 2.32. The molecule has 2 aromatic rings. The molecule has 1 saturated heterocycles. The number of aromatic amines is 1. The van der Waals surface area contributed by atoms with Gasteiger partial charge in [-0.3, -0.25) is 4.79 Å². The molecule has 2 amide bonds. The van der Waals surface area contributed by atoms with Crippen molar-refractivity contribution in [1.82, 2.24) is 20.2 Å². The van der Waals surface area contributed by atoms with E-state index in [2.05, 4.69) is 42.6 Å². The van der Waals surface area contributed by atoms with E-state index in [-0.39, 0.29) is 17.9 Å². The number of methoxy groups -OCH3 is 1. The van der Waals surface area contributed by atoms with Crippen molar-refractivity contribution in [3.63, 3.8) is 0 Å². The molecular weight excluding hydrogens is 447 g/mol. The zero-order valence-corrected chi connectivity index (χ0v) is 17.2. The molecule has 1 aliphatic rings. The molecule has 0 saturated carbocycles. The van der Waals surface area contributed by atoms with Gasteiger partial charge in [-0.2, -0.15) is 0 Å². The van der Waals surface area contributed by atoms with Crippen molar-refractivity contribution in [3.05, 3.63) is 27.6 Å². The number of hydrogen-bond donors (Lipinski definition) is 2. The SMILES string of the molecule is COC(=O)NC(C(=O)N1CCCC1c1nc2ccc(I)cc2[nH]1)C(C)C. The summed E-state index contributed by atoms with van der Waals surface area (Å²) in [6, 6.07) is 5.32. The normalized spacial score (nSPS) is 18.3. The monoisotopic (exact) mass is 470 g/mol. The first-order valence-electron chi connectivity index (χ1n) is 8.71. The summed E-state index contributed by atoms with van der Waals surface area (Å²) in [5, 5.41) is 2.66. The van der Waals surface area contributed by atoms with Crippen LogP contribution in [0.25, 0.3) is 11.0 Å². The van der Waals surface area contributed by atoms with E-state index < -0.39 is 12.1 Å². The van der Waals surface area contributed by atoms with Crippen molar-refractivity contribution >= 4 is 45.6 Å². The van der Waals surface area contributed by atoms with Gasteiger partial charge in [-0.05, 0) is 59.5 Å². The number of carbonyl (C=O) groups is 2. The molecule has 1 aliphatic heterocycles. The number of carbonyl (C=O) groups excluding carboxylic acids is 2. The highest BCUT2D eigenvalue weighted by Gasteiger charge is 2.37. The average Bonchev–Trinajstić information content (AvgIpc) is 3.24. The fourth-order valence-electron chi connectivity index (χ4n) is 3.35. The predicted octanol–water partition coefficient (Wildman–Crippen LogP) is 3.21. The number of nitrogens with zero attached hydrogens (tertiary/aromatic N) is 2. The van der Waals surface area contributed by atoms with E-state index >= 15 is 0 Å². The third-order valence-electron chi connectivity index (χ3n) is 4.71. The standard InChI is InChI=1S/C18H23IN4O3/c1-10(2)15(22-18(25)26-3)17(24)23-8-4-5-14(23)16-20-12-7-6-11(19)9-13(12)21-16/h6-7,9-10,14-15H,4-5,8H2,1-3H3,(H,20,21)(H,22,25). The number of hydrogen-bond acceptors (Lipinski definition) is 4. The lowest BCUT2D eigenvalue weighted by Crippen LogP contribution is -2.51. The van der Waals surface area contributed by atoms with Crippen molar-refractivity contribution < 1.29 is 14.3 Å². The van der Waals surface area contributed by atoms with E-state index in [0.717, 1.165) is 33.3 Å². The maximum Gasteiger partial charge on any atom is 0.407 e. The number of amides is 2. The Kier molecular flexibility index (Phi) is 5.69. The average molecular weight is 470 g/mol. The highest BCUT2D eigenvalue weighted by molar-refractivity contribution is 14.1. The van der Waals surface area contributed by atoms with Crippen LogP contribution in [-0.4, -0.2) is 46.6 Å². The minimum atomic E-state index is -0.617. The van der Waals surface area contributed by atoms with Gasteiger partial charge in [0.25, 0.3) is 0 Å². The summed E-state index contributed by atoms with van der Waals surface area (Å²) < 4.78 is 5.80. The van der Waals surface area contributed by atoms with Crippen LogP contribution in [0.4, 0.5) is 4.79 Å². The zero-order valence-electron chi connectivity index (χ0n) is 15.1. The maximum atomic E-state index is 13.1. The zero-order chi connectivity index (χ0) is 18.8. The second-order valence-corrected chi connectivity index (χ2v) is 8.08. The lowest BCUT2D eigenvalue weighted by Gasteiger charge is -2.29. The minimum Gasteiger partial charge on any atom is -0.453 e. The van der Waals surface area contributed by atoms with E-state index in [1.807, 2.05) is 36.9 Å². The molecule has 0 bridgehead atoms. The Balaban J connectivity index is 1.85. The number of ether oxygens (including phenoxy) is 1. The summed E-state index contributed by atoms with van der Waals surface area (Å²) in [4.78, 5) is 34.6. The second-order valence-electron chi connectivity index (χ2n) is 6.83. The van der Waals surface area contributed by atoms with Gasteiger partial charge >= 0.3 is 6.09 Å². The van der Waals surface area contributed by atoms with E-state index in [9.17, 15) is 9.59 Å². The van der Waals surface area contributed by atoms with Crippen molar-refractivity contribution in [2.24, 2.45) is 5.92 Å². The fourth-order valence-corrected chi connectivity index (χ4v) is 3.84. The molecule has 1 aromatic carbocycles. The van der Waals surface area contributed by atoms with E-state index in [1.165, 1.54) is 7.11 Å². The smallest absolute Gasteiger partial charge is 0.407 e.